The second-order valence-corrected chi connectivity index (χ2v) is 4.86. The fourth-order valence-corrected chi connectivity index (χ4v) is 2.43. The van der Waals surface area contributed by atoms with Crippen LogP contribution in [0, 0.1) is 5.82 Å². The standard InChI is InChI=1S/C14H17FN2O4/c1-21-10-4-5-11(15)12(8-10)16-14(20)17-6-2-3-9(17)7-13(18)19/h4-5,8-9H,2-3,6-7H2,1H3,(H,16,20)(H,18,19). The Morgan fingerprint density at radius 1 is 1.52 bits per heavy atom. The van der Waals surface area contributed by atoms with Gasteiger partial charge in [0.1, 0.15) is 11.6 Å². The molecular formula is C14H17FN2O4. The van der Waals surface area contributed by atoms with Gasteiger partial charge in [-0.25, -0.2) is 9.18 Å². The van der Waals surface area contributed by atoms with Gasteiger partial charge in [-0.15, -0.1) is 0 Å². The third-order valence-corrected chi connectivity index (χ3v) is 3.46. The van der Waals surface area contributed by atoms with E-state index in [4.69, 9.17) is 9.84 Å². The number of hydrogen-bond donors (Lipinski definition) is 2. The highest BCUT2D eigenvalue weighted by Crippen LogP contribution is 2.24. The number of carbonyl (C=O) groups excluding carboxylic acids is 1. The fourth-order valence-electron chi connectivity index (χ4n) is 2.43. The summed E-state index contributed by atoms with van der Waals surface area (Å²) in [5.74, 6) is -1.10. The molecule has 0 aliphatic carbocycles. The SMILES string of the molecule is COc1ccc(F)c(NC(=O)N2CCCC2CC(=O)O)c1. The van der Waals surface area contributed by atoms with E-state index in [1.165, 1.54) is 30.2 Å². The van der Waals surface area contributed by atoms with Gasteiger partial charge in [-0.2, -0.15) is 0 Å². The lowest BCUT2D eigenvalue weighted by molar-refractivity contribution is -0.137. The number of methoxy groups -OCH3 is 1. The molecule has 6 nitrogen and oxygen atoms in total. The van der Waals surface area contributed by atoms with E-state index in [1.807, 2.05) is 0 Å². The van der Waals surface area contributed by atoms with Gasteiger partial charge in [0.2, 0.25) is 0 Å². The first-order valence-electron chi connectivity index (χ1n) is 6.64. The number of ether oxygens (including phenoxy) is 1. The van der Waals surface area contributed by atoms with Crippen molar-refractivity contribution in [1.29, 1.82) is 0 Å². The summed E-state index contributed by atoms with van der Waals surface area (Å²) in [6, 6.07) is 3.19. The summed E-state index contributed by atoms with van der Waals surface area (Å²) in [5.41, 5.74) is 0.0142. The number of aliphatic carboxylic acids is 1. The molecule has 2 amide bonds. The second kappa shape index (κ2) is 6.43. The van der Waals surface area contributed by atoms with Crippen LogP contribution >= 0.6 is 0 Å². The Balaban J connectivity index is 2.08. The van der Waals surface area contributed by atoms with Gasteiger partial charge in [-0.1, -0.05) is 0 Å². The zero-order valence-electron chi connectivity index (χ0n) is 11.6. The van der Waals surface area contributed by atoms with Gasteiger partial charge in [0, 0.05) is 18.7 Å². The molecule has 0 aromatic heterocycles. The molecular weight excluding hydrogens is 279 g/mol. The molecule has 1 fully saturated rings. The van der Waals surface area contributed by atoms with Crippen molar-refractivity contribution in [3.8, 4) is 5.75 Å². The molecule has 0 saturated carbocycles. The minimum Gasteiger partial charge on any atom is -0.497 e. The largest absolute Gasteiger partial charge is 0.497 e. The molecule has 0 spiro atoms. The highest BCUT2D eigenvalue weighted by Gasteiger charge is 2.30. The molecule has 7 heteroatoms. The first-order chi connectivity index (χ1) is 10.0. The Bertz CT molecular complexity index is 550. The van der Waals surface area contributed by atoms with E-state index in [2.05, 4.69) is 5.32 Å². The van der Waals surface area contributed by atoms with Crippen molar-refractivity contribution < 1.29 is 23.8 Å². The van der Waals surface area contributed by atoms with Gasteiger partial charge in [0.15, 0.2) is 0 Å². The van der Waals surface area contributed by atoms with E-state index in [9.17, 15) is 14.0 Å². The molecule has 21 heavy (non-hydrogen) atoms. The number of rotatable bonds is 4. The molecule has 1 aliphatic heterocycles. The first-order valence-corrected chi connectivity index (χ1v) is 6.64. The number of hydrogen-bond acceptors (Lipinski definition) is 3. The number of carbonyl (C=O) groups is 2. The van der Waals surface area contributed by atoms with Gasteiger partial charge in [0.05, 0.1) is 19.2 Å². The Hall–Kier alpha value is -2.31. The van der Waals surface area contributed by atoms with Gasteiger partial charge in [0.25, 0.3) is 0 Å². The first kappa shape index (κ1) is 15.1. The lowest BCUT2D eigenvalue weighted by atomic mass is 10.1. The normalized spacial score (nSPS) is 17.6. The number of carboxylic acids is 1. The maximum atomic E-state index is 13.7. The molecule has 1 unspecified atom stereocenters. The smallest absolute Gasteiger partial charge is 0.322 e. The van der Waals surface area contributed by atoms with Gasteiger partial charge in [-0.05, 0) is 25.0 Å². The third kappa shape index (κ3) is 3.62. The van der Waals surface area contributed by atoms with E-state index >= 15 is 0 Å². The van der Waals surface area contributed by atoms with E-state index in [0.29, 0.717) is 18.7 Å². The number of anilines is 1. The quantitative estimate of drug-likeness (QED) is 0.893. The molecule has 1 heterocycles. The van der Waals surface area contributed by atoms with Crippen LogP contribution in [0.25, 0.3) is 0 Å². The number of benzene rings is 1. The van der Waals surface area contributed by atoms with Crippen LogP contribution in [0.1, 0.15) is 19.3 Å². The van der Waals surface area contributed by atoms with E-state index in [1.54, 1.807) is 0 Å². The summed E-state index contributed by atoms with van der Waals surface area (Å²) in [5, 5.41) is 11.3. The summed E-state index contributed by atoms with van der Waals surface area (Å²) < 4.78 is 18.7. The zero-order valence-corrected chi connectivity index (χ0v) is 11.6. The van der Waals surface area contributed by atoms with Crippen LogP contribution in [0.2, 0.25) is 0 Å². The lowest BCUT2D eigenvalue weighted by Gasteiger charge is -2.24. The van der Waals surface area contributed by atoms with Crippen molar-refractivity contribution in [3.63, 3.8) is 0 Å². The number of nitrogens with zero attached hydrogens (tertiary/aromatic N) is 1. The van der Waals surface area contributed by atoms with Crippen LogP contribution in [0.4, 0.5) is 14.9 Å². The predicted molar refractivity (Wildman–Crippen MR) is 74.0 cm³/mol. The van der Waals surface area contributed by atoms with Crippen molar-refractivity contribution in [1.82, 2.24) is 4.90 Å². The minimum atomic E-state index is -0.952. The monoisotopic (exact) mass is 296 g/mol. The summed E-state index contributed by atoms with van der Waals surface area (Å²) >= 11 is 0. The minimum absolute atomic E-state index is 0.0142. The van der Waals surface area contributed by atoms with Crippen molar-refractivity contribution >= 4 is 17.7 Å². The molecule has 0 radical (unpaired) electrons. The molecule has 2 N–H and O–H groups in total. The third-order valence-electron chi connectivity index (χ3n) is 3.46. The average Bonchev–Trinajstić information content (AvgIpc) is 2.88. The molecule has 2 rings (SSSR count). The Kier molecular flexibility index (Phi) is 4.62. The number of urea groups is 1. The van der Waals surface area contributed by atoms with Crippen molar-refractivity contribution in [2.45, 2.75) is 25.3 Å². The van der Waals surface area contributed by atoms with Crippen molar-refractivity contribution in [2.75, 3.05) is 19.0 Å². The molecule has 1 aromatic rings. The average molecular weight is 296 g/mol. The summed E-state index contributed by atoms with van der Waals surface area (Å²) in [6.07, 6.45) is 1.28. The Labute approximate surface area is 121 Å². The Morgan fingerprint density at radius 3 is 2.95 bits per heavy atom. The highest BCUT2D eigenvalue weighted by molar-refractivity contribution is 5.90. The van der Waals surface area contributed by atoms with Crippen LogP contribution in [-0.4, -0.2) is 41.7 Å². The maximum Gasteiger partial charge on any atom is 0.322 e. The molecule has 1 atom stereocenters. The van der Waals surface area contributed by atoms with E-state index in [0.717, 1.165) is 6.42 Å². The van der Waals surface area contributed by atoms with E-state index in [-0.39, 0.29) is 18.2 Å². The Morgan fingerprint density at radius 2 is 2.29 bits per heavy atom. The van der Waals surface area contributed by atoms with Crippen LogP contribution < -0.4 is 10.1 Å². The topological polar surface area (TPSA) is 78.9 Å². The van der Waals surface area contributed by atoms with Gasteiger partial charge in [-0.3, -0.25) is 4.79 Å². The van der Waals surface area contributed by atoms with Crippen molar-refractivity contribution in [2.24, 2.45) is 0 Å². The van der Waals surface area contributed by atoms with Crippen molar-refractivity contribution in [3.05, 3.63) is 24.0 Å². The molecule has 1 aliphatic rings. The lowest BCUT2D eigenvalue weighted by Crippen LogP contribution is -2.39. The predicted octanol–water partition coefficient (Wildman–Crippen LogP) is 2.31. The van der Waals surface area contributed by atoms with Gasteiger partial charge < -0.3 is 20.1 Å². The van der Waals surface area contributed by atoms with Crippen LogP contribution in [0.3, 0.4) is 0 Å². The summed E-state index contributed by atoms with van der Waals surface area (Å²) in [6.45, 7) is 0.468. The number of carboxylic acid groups (broad SMARTS) is 1. The number of amides is 2. The molecule has 0 bridgehead atoms. The van der Waals surface area contributed by atoms with Crippen LogP contribution in [0.5, 0.6) is 5.75 Å². The second-order valence-electron chi connectivity index (χ2n) is 4.86. The number of nitrogens with one attached hydrogen (secondary N) is 1. The number of halogens is 1. The number of likely N-dealkylation sites (tertiary alicyclic amines) is 1. The zero-order chi connectivity index (χ0) is 15.4. The highest BCUT2D eigenvalue weighted by atomic mass is 19.1. The molecule has 1 saturated heterocycles. The molecule has 114 valence electrons. The van der Waals surface area contributed by atoms with Crippen LogP contribution in [-0.2, 0) is 4.79 Å². The molecule has 1 aromatic carbocycles. The fraction of sp³-hybridized carbons (Fsp3) is 0.429. The summed E-state index contributed by atoms with van der Waals surface area (Å²) in [4.78, 5) is 24.4. The van der Waals surface area contributed by atoms with Crippen LogP contribution in [0.15, 0.2) is 18.2 Å². The maximum absolute atomic E-state index is 13.7. The summed E-state index contributed by atoms with van der Waals surface area (Å²) in [7, 11) is 1.45. The van der Waals surface area contributed by atoms with E-state index < -0.39 is 17.8 Å². The van der Waals surface area contributed by atoms with Gasteiger partial charge >= 0.3 is 12.0 Å².